The summed E-state index contributed by atoms with van der Waals surface area (Å²) in [6.07, 6.45) is 0. The number of nitrogens with one attached hydrogen (secondary N) is 1. The lowest BCUT2D eigenvalue weighted by Crippen LogP contribution is -2.46. The molecule has 1 N–H and O–H groups in total. The van der Waals surface area contributed by atoms with Crippen LogP contribution >= 0.6 is 0 Å². The van der Waals surface area contributed by atoms with Gasteiger partial charge in [0, 0.05) is 26.2 Å². The van der Waals surface area contributed by atoms with Crippen molar-refractivity contribution in [3.8, 4) is 0 Å². The maximum absolute atomic E-state index is 13.2. The fraction of sp³-hybridized carbons (Fsp3) is 0.263. The minimum absolute atomic E-state index is 0.0662. The second-order valence-corrected chi connectivity index (χ2v) is 6.18. The van der Waals surface area contributed by atoms with Gasteiger partial charge in [-0.15, -0.1) is 0 Å². The lowest BCUT2D eigenvalue weighted by Gasteiger charge is -2.30. The molecule has 5 nitrogen and oxygen atoms in total. The molecule has 0 atom stereocenters. The number of hydrogen-bond acceptors (Lipinski definition) is 4. The highest BCUT2D eigenvalue weighted by Gasteiger charge is 2.19. The second kappa shape index (κ2) is 6.64. The van der Waals surface area contributed by atoms with Crippen LogP contribution in [0.15, 0.2) is 53.3 Å². The Hall–Kier alpha value is -2.73. The van der Waals surface area contributed by atoms with Gasteiger partial charge in [-0.1, -0.05) is 24.3 Å². The highest BCUT2D eigenvalue weighted by molar-refractivity contribution is 5.78. The van der Waals surface area contributed by atoms with E-state index in [0.29, 0.717) is 23.4 Å². The van der Waals surface area contributed by atoms with Crippen molar-refractivity contribution < 1.29 is 4.39 Å². The molecule has 25 heavy (non-hydrogen) atoms. The zero-order valence-electron chi connectivity index (χ0n) is 13.8. The molecule has 0 bridgehead atoms. The van der Waals surface area contributed by atoms with Crippen molar-refractivity contribution >= 4 is 16.9 Å². The second-order valence-electron chi connectivity index (χ2n) is 6.18. The molecule has 3 aromatic rings. The van der Waals surface area contributed by atoms with E-state index in [9.17, 15) is 9.18 Å². The number of rotatable bonds is 3. The first kappa shape index (κ1) is 15.8. The zero-order valence-corrected chi connectivity index (χ0v) is 13.8. The lowest BCUT2D eigenvalue weighted by molar-refractivity contribution is 0.564. The third-order valence-electron chi connectivity index (χ3n) is 4.50. The van der Waals surface area contributed by atoms with Crippen LogP contribution in [0.2, 0.25) is 0 Å². The fourth-order valence-corrected chi connectivity index (χ4v) is 3.18. The fourth-order valence-electron chi connectivity index (χ4n) is 3.18. The van der Waals surface area contributed by atoms with Gasteiger partial charge >= 0.3 is 0 Å². The number of para-hydroxylation sites is 1. The molecule has 2 aromatic carbocycles. The number of nitrogens with zero attached hydrogens (tertiary/aromatic N) is 3. The normalized spacial score (nSPS) is 14.8. The monoisotopic (exact) mass is 338 g/mol. The third-order valence-corrected chi connectivity index (χ3v) is 4.50. The van der Waals surface area contributed by atoms with Gasteiger partial charge in [0.2, 0.25) is 5.95 Å². The summed E-state index contributed by atoms with van der Waals surface area (Å²) < 4.78 is 14.9. The molecule has 0 aliphatic carbocycles. The number of hydrogen-bond donors (Lipinski definition) is 1. The summed E-state index contributed by atoms with van der Waals surface area (Å²) in [5.41, 5.74) is 1.51. The Kier molecular flexibility index (Phi) is 4.19. The number of anilines is 1. The molecule has 2 heterocycles. The summed E-state index contributed by atoms with van der Waals surface area (Å²) in [5, 5.41) is 3.91. The molecule has 1 saturated heterocycles. The molecule has 1 fully saturated rings. The molecule has 0 saturated carbocycles. The predicted molar refractivity (Wildman–Crippen MR) is 96.6 cm³/mol. The number of benzene rings is 2. The van der Waals surface area contributed by atoms with E-state index in [1.54, 1.807) is 22.8 Å². The topological polar surface area (TPSA) is 50.2 Å². The Morgan fingerprint density at radius 1 is 1.04 bits per heavy atom. The molecular formula is C19H19FN4O. The van der Waals surface area contributed by atoms with E-state index in [1.807, 2.05) is 18.2 Å². The number of fused-ring (bicyclic) bond motifs is 1. The lowest BCUT2D eigenvalue weighted by atomic mass is 10.2. The van der Waals surface area contributed by atoms with Crippen molar-refractivity contribution in [1.82, 2.24) is 14.9 Å². The van der Waals surface area contributed by atoms with Crippen molar-refractivity contribution in [2.45, 2.75) is 6.54 Å². The Morgan fingerprint density at radius 3 is 2.52 bits per heavy atom. The molecule has 1 aliphatic heterocycles. The zero-order chi connectivity index (χ0) is 17.2. The summed E-state index contributed by atoms with van der Waals surface area (Å²) in [6, 6.07) is 13.6. The summed E-state index contributed by atoms with van der Waals surface area (Å²) in [6.45, 7) is 3.69. The minimum Gasteiger partial charge on any atom is -0.340 e. The average molecular weight is 338 g/mol. The Balaban J connectivity index is 1.85. The quantitative estimate of drug-likeness (QED) is 0.794. The molecule has 4 rings (SSSR count). The van der Waals surface area contributed by atoms with Crippen LogP contribution in [0.25, 0.3) is 10.9 Å². The first-order valence-corrected chi connectivity index (χ1v) is 8.42. The van der Waals surface area contributed by atoms with Crippen molar-refractivity contribution in [3.05, 3.63) is 70.3 Å². The van der Waals surface area contributed by atoms with Gasteiger partial charge in [-0.2, -0.15) is 0 Å². The molecule has 6 heteroatoms. The van der Waals surface area contributed by atoms with Crippen molar-refractivity contribution in [1.29, 1.82) is 0 Å². The standard InChI is InChI=1S/C19H19FN4O/c20-15-7-5-14(6-8-15)13-24-18(25)16-3-1-2-4-17(16)22-19(24)23-11-9-21-10-12-23/h1-8,21H,9-13H2. The van der Waals surface area contributed by atoms with E-state index in [1.165, 1.54) is 12.1 Å². The Labute approximate surface area is 144 Å². The summed E-state index contributed by atoms with van der Waals surface area (Å²) in [4.78, 5) is 20.0. The van der Waals surface area contributed by atoms with Crippen LogP contribution in [-0.4, -0.2) is 35.7 Å². The SMILES string of the molecule is O=c1c2ccccc2nc(N2CCNCC2)n1Cc1ccc(F)cc1. The Bertz CT molecular complexity index is 946. The van der Waals surface area contributed by atoms with E-state index >= 15 is 0 Å². The van der Waals surface area contributed by atoms with Crippen LogP contribution in [0.1, 0.15) is 5.56 Å². The average Bonchev–Trinajstić information content (AvgIpc) is 2.66. The van der Waals surface area contributed by atoms with Crippen LogP contribution in [-0.2, 0) is 6.54 Å². The van der Waals surface area contributed by atoms with Gasteiger partial charge < -0.3 is 10.2 Å². The van der Waals surface area contributed by atoms with Crippen LogP contribution in [0.4, 0.5) is 10.3 Å². The van der Waals surface area contributed by atoms with Crippen LogP contribution < -0.4 is 15.8 Å². The molecule has 0 unspecified atom stereocenters. The molecule has 0 amide bonds. The van der Waals surface area contributed by atoms with E-state index < -0.39 is 0 Å². The predicted octanol–water partition coefficient (Wildman–Crippen LogP) is 1.99. The smallest absolute Gasteiger partial charge is 0.263 e. The highest BCUT2D eigenvalue weighted by Crippen LogP contribution is 2.17. The van der Waals surface area contributed by atoms with Gasteiger partial charge in [0.25, 0.3) is 5.56 Å². The number of halogens is 1. The van der Waals surface area contributed by atoms with Crippen LogP contribution in [0.3, 0.4) is 0 Å². The van der Waals surface area contributed by atoms with E-state index in [2.05, 4.69) is 10.2 Å². The maximum Gasteiger partial charge on any atom is 0.263 e. The van der Waals surface area contributed by atoms with Crippen LogP contribution in [0.5, 0.6) is 0 Å². The highest BCUT2D eigenvalue weighted by atomic mass is 19.1. The van der Waals surface area contributed by atoms with Crippen molar-refractivity contribution in [2.24, 2.45) is 0 Å². The summed E-state index contributed by atoms with van der Waals surface area (Å²) in [5.74, 6) is 0.393. The Morgan fingerprint density at radius 2 is 1.76 bits per heavy atom. The number of aromatic nitrogens is 2. The molecular weight excluding hydrogens is 319 g/mol. The van der Waals surface area contributed by atoms with Gasteiger partial charge in [0.1, 0.15) is 5.82 Å². The van der Waals surface area contributed by atoms with Gasteiger partial charge in [-0.05, 0) is 29.8 Å². The molecule has 1 aliphatic rings. The van der Waals surface area contributed by atoms with Gasteiger partial charge in [0.15, 0.2) is 0 Å². The van der Waals surface area contributed by atoms with Crippen molar-refractivity contribution in [3.63, 3.8) is 0 Å². The largest absolute Gasteiger partial charge is 0.340 e. The van der Waals surface area contributed by atoms with E-state index in [4.69, 9.17) is 4.98 Å². The van der Waals surface area contributed by atoms with Gasteiger partial charge in [-0.3, -0.25) is 9.36 Å². The van der Waals surface area contributed by atoms with Gasteiger partial charge in [-0.25, -0.2) is 9.37 Å². The number of piperazine rings is 1. The van der Waals surface area contributed by atoms with E-state index in [0.717, 1.165) is 31.7 Å². The van der Waals surface area contributed by atoms with Crippen LogP contribution in [0, 0.1) is 5.82 Å². The maximum atomic E-state index is 13.2. The molecule has 0 radical (unpaired) electrons. The molecule has 128 valence electrons. The summed E-state index contributed by atoms with van der Waals surface area (Å²) >= 11 is 0. The van der Waals surface area contributed by atoms with Gasteiger partial charge in [0.05, 0.1) is 17.4 Å². The first-order valence-electron chi connectivity index (χ1n) is 8.42. The third kappa shape index (κ3) is 3.13. The first-order chi connectivity index (χ1) is 12.2. The molecule has 0 spiro atoms. The minimum atomic E-state index is -0.282. The van der Waals surface area contributed by atoms with E-state index in [-0.39, 0.29) is 11.4 Å². The molecule has 1 aromatic heterocycles. The van der Waals surface area contributed by atoms with Crippen molar-refractivity contribution in [2.75, 3.05) is 31.1 Å². The summed E-state index contributed by atoms with van der Waals surface area (Å²) in [7, 11) is 0.